The van der Waals surface area contributed by atoms with Crippen LogP contribution >= 0.6 is 11.3 Å². The number of aryl methyl sites for hydroxylation is 3. The molecular formula is C14H22O2S. The lowest BCUT2D eigenvalue weighted by atomic mass is 9.99. The minimum absolute atomic E-state index is 0.424. The van der Waals surface area contributed by atoms with Crippen molar-refractivity contribution in [1.82, 2.24) is 0 Å². The van der Waals surface area contributed by atoms with E-state index in [0.717, 1.165) is 13.0 Å². The first-order valence-electron chi connectivity index (χ1n) is 6.57. The molecule has 0 atom stereocenters. The number of fused-ring (bicyclic) bond motifs is 1. The van der Waals surface area contributed by atoms with Gasteiger partial charge in [-0.1, -0.05) is 0 Å². The lowest BCUT2D eigenvalue weighted by molar-refractivity contribution is -0.0314. The summed E-state index contributed by atoms with van der Waals surface area (Å²) < 4.78 is 10.1. The van der Waals surface area contributed by atoms with Crippen molar-refractivity contribution >= 4 is 11.3 Å². The second kappa shape index (κ2) is 7.14. The highest BCUT2D eigenvalue weighted by molar-refractivity contribution is 7.12. The van der Waals surface area contributed by atoms with Crippen LogP contribution in [0.3, 0.4) is 0 Å². The fraction of sp³-hybridized carbons (Fsp3) is 0.714. The van der Waals surface area contributed by atoms with Gasteiger partial charge in [-0.15, -0.1) is 11.3 Å². The van der Waals surface area contributed by atoms with Gasteiger partial charge < -0.3 is 9.47 Å². The number of hydrogen-bond acceptors (Lipinski definition) is 3. The Morgan fingerprint density at radius 1 is 1.24 bits per heavy atom. The van der Waals surface area contributed by atoms with Crippen molar-refractivity contribution in [1.29, 1.82) is 0 Å². The van der Waals surface area contributed by atoms with Crippen LogP contribution in [0.15, 0.2) is 6.07 Å². The monoisotopic (exact) mass is 254 g/mol. The second-order valence-corrected chi connectivity index (χ2v) is 5.86. The molecule has 1 aliphatic rings. The largest absolute Gasteiger partial charge is 0.359 e. The van der Waals surface area contributed by atoms with Gasteiger partial charge in [-0.3, -0.25) is 0 Å². The molecule has 17 heavy (non-hydrogen) atoms. The van der Waals surface area contributed by atoms with E-state index in [1.807, 2.05) is 11.3 Å². The van der Waals surface area contributed by atoms with Gasteiger partial charge in [0.2, 0.25) is 0 Å². The molecule has 96 valence electrons. The summed E-state index contributed by atoms with van der Waals surface area (Å²) >= 11 is 2.04. The highest BCUT2D eigenvalue weighted by Gasteiger charge is 2.12. The molecule has 0 saturated carbocycles. The summed E-state index contributed by atoms with van der Waals surface area (Å²) in [5, 5.41) is 0. The maximum atomic E-state index is 5.28. The molecule has 1 aliphatic carbocycles. The van der Waals surface area contributed by atoms with Gasteiger partial charge in [0.1, 0.15) is 6.79 Å². The van der Waals surface area contributed by atoms with Crippen molar-refractivity contribution in [2.75, 3.05) is 20.5 Å². The fourth-order valence-corrected chi connectivity index (χ4v) is 3.62. The normalized spacial score (nSPS) is 14.9. The van der Waals surface area contributed by atoms with Gasteiger partial charge in [-0.05, 0) is 56.6 Å². The Morgan fingerprint density at radius 2 is 2.12 bits per heavy atom. The Bertz CT molecular complexity index is 309. The molecule has 0 saturated heterocycles. The number of thiophene rings is 1. The van der Waals surface area contributed by atoms with Crippen LogP contribution in [-0.4, -0.2) is 20.5 Å². The molecular weight excluding hydrogens is 232 g/mol. The van der Waals surface area contributed by atoms with E-state index >= 15 is 0 Å². The first-order valence-corrected chi connectivity index (χ1v) is 7.39. The molecule has 0 amide bonds. The lowest BCUT2D eigenvalue weighted by Crippen LogP contribution is -1.98. The van der Waals surface area contributed by atoms with Gasteiger partial charge in [0.05, 0.1) is 0 Å². The van der Waals surface area contributed by atoms with Gasteiger partial charge in [0.15, 0.2) is 0 Å². The molecule has 0 fully saturated rings. The Kier molecular flexibility index (Phi) is 5.49. The van der Waals surface area contributed by atoms with Crippen molar-refractivity contribution in [3.8, 4) is 0 Å². The van der Waals surface area contributed by atoms with Crippen molar-refractivity contribution in [2.24, 2.45) is 0 Å². The van der Waals surface area contributed by atoms with E-state index in [1.54, 1.807) is 22.4 Å². The highest BCUT2D eigenvalue weighted by Crippen LogP contribution is 2.30. The molecule has 0 N–H and O–H groups in total. The van der Waals surface area contributed by atoms with E-state index in [-0.39, 0.29) is 0 Å². The molecule has 0 bridgehead atoms. The smallest absolute Gasteiger partial charge is 0.146 e. The molecule has 0 spiro atoms. The van der Waals surface area contributed by atoms with Crippen LogP contribution in [0.4, 0.5) is 0 Å². The average molecular weight is 254 g/mol. The summed E-state index contributed by atoms with van der Waals surface area (Å²) in [6, 6.07) is 2.44. The van der Waals surface area contributed by atoms with E-state index in [4.69, 9.17) is 9.47 Å². The average Bonchev–Trinajstić information content (AvgIpc) is 2.76. The van der Waals surface area contributed by atoms with E-state index in [1.165, 1.54) is 38.5 Å². The lowest BCUT2D eigenvalue weighted by Gasteiger charge is -2.08. The Labute approximate surface area is 108 Å². The van der Waals surface area contributed by atoms with Crippen LogP contribution in [0.25, 0.3) is 0 Å². The molecule has 1 aromatic rings. The third-order valence-corrected chi connectivity index (χ3v) is 4.51. The van der Waals surface area contributed by atoms with Gasteiger partial charge in [-0.2, -0.15) is 0 Å². The Hall–Kier alpha value is -0.380. The molecule has 3 heteroatoms. The van der Waals surface area contributed by atoms with Crippen molar-refractivity contribution in [2.45, 2.75) is 44.9 Å². The summed E-state index contributed by atoms with van der Waals surface area (Å²) in [5.74, 6) is 0. The molecule has 0 aliphatic heterocycles. The fourth-order valence-electron chi connectivity index (χ4n) is 2.32. The first kappa shape index (κ1) is 13.1. The minimum atomic E-state index is 0.424. The predicted molar refractivity (Wildman–Crippen MR) is 71.7 cm³/mol. The first-order chi connectivity index (χ1) is 8.40. The summed E-state index contributed by atoms with van der Waals surface area (Å²) in [5.41, 5.74) is 1.63. The van der Waals surface area contributed by atoms with Crippen LogP contribution in [0.2, 0.25) is 0 Å². The highest BCUT2D eigenvalue weighted by atomic mass is 32.1. The Balaban J connectivity index is 1.67. The number of unbranched alkanes of at least 4 members (excludes halogenated alkanes) is 1. The topological polar surface area (TPSA) is 18.5 Å². The van der Waals surface area contributed by atoms with Crippen LogP contribution in [-0.2, 0) is 28.7 Å². The number of ether oxygens (including phenoxy) is 2. The molecule has 1 aromatic heterocycles. The van der Waals surface area contributed by atoms with Crippen LogP contribution < -0.4 is 0 Å². The molecule has 0 radical (unpaired) electrons. The van der Waals surface area contributed by atoms with Crippen LogP contribution in [0, 0.1) is 0 Å². The maximum absolute atomic E-state index is 5.28. The van der Waals surface area contributed by atoms with Gasteiger partial charge >= 0.3 is 0 Å². The van der Waals surface area contributed by atoms with Crippen LogP contribution in [0.1, 0.15) is 41.0 Å². The second-order valence-electron chi connectivity index (χ2n) is 4.64. The Morgan fingerprint density at radius 3 is 2.94 bits per heavy atom. The van der Waals surface area contributed by atoms with Gasteiger partial charge in [0, 0.05) is 23.5 Å². The third-order valence-electron chi connectivity index (χ3n) is 3.21. The van der Waals surface area contributed by atoms with Gasteiger partial charge in [-0.25, -0.2) is 0 Å². The zero-order valence-electron chi connectivity index (χ0n) is 10.7. The molecule has 0 aromatic carbocycles. The molecule has 2 nitrogen and oxygen atoms in total. The summed E-state index contributed by atoms with van der Waals surface area (Å²) in [6.07, 6.45) is 8.97. The summed E-state index contributed by atoms with van der Waals surface area (Å²) in [6.45, 7) is 1.24. The molecule has 2 rings (SSSR count). The van der Waals surface area contributed by atoms with Crippen LogP contribution in [0.5, 0.6) is 0 Å². The maximum Gasteiger partial charge on any atom is 0.146 e. The summed E-state index contributed by atoms with van der Waals surface area (Å²) in [4.78, 5) is 3.23. The standard InChI is InChI=1S/C14H22O2S/c1-15-11-16-9-5-4-7-13-10-12-6-2-3-8-14(12)17-13/h10H,2-9,11H2,1H3. The van der Waals surface area contributed by atoms with E-state index in [2.05, 4.69) is 6.07 Å². The zero-order valence-corrected chi connectivity index (χ0v) is 11.5. The zero-order chi connectivity index (χ0) is 11.9. The van der Waals surface area contributed by atoms with Gasteiger partial charge in [0.25, 0.3) is 0 Å². The number of rotatable bonds is 7. The van der Waals surface area contributed by atoms with Crippen molar-refractivity contribution in [3.63, 3.8) is 0 Å². The minimum Gasteiger partial charge on any atom is -0.359 e. The van der Waals surface area contributed by atoms with Crippen molar-refractivity contribution < 1.29 is 9.47 Å². The SMILES string of the molecule is COCOCCCCc1cc2c(s1)CCCC2. The quantitative estimate of drug-likeness (QED) is 0.547. The third kappa shape index (κ3) is 4.09. The predicted octanol–water partition coefficient (Wildman–Crippen LogP) is 3.57. The molecule has 1 heterocycles. The van der Waals surface area contributed by atoms with E-state index in [9.17, 15) is 0 Å². The van der Waals surface area contributed by atoms with E-state index < -0.39 is 0 Å². The number of methoxy groups -OCH3 is 1. The van der Waals surface area contributed by atoms with E-state index in [0.29, 0.717) is 6.79 Å². The summed E-state index contributed by atoms with van der Waals surface area (Å²) in [7, 11) is 1.66. The van der Waals surface area contributed by atoms with Crippen molar-refractivity contribution in [3.05, 3.63) is 21.4 Å². The number of hydrogen-bond donors (Lipinski definition) is 0. The molecule has 0 unspecified atom stereocenters.